The van der Waals surface area contributed by atoms with Crippen molar-refractivity contribution in [2.24, 2.45) is 12.0 Å². The number of rotatable bonds is 4. The molecular weight excluding hydrogens is 532 g/mol. The summed E-state index contributed by atoms with van der Waals surface area (Å²) < 4.78 is 40.5. The van der Waals surface area contributed by atoms with E-state index in [1.807, 2.05) is 24.3 Å². The van der Waals surface area contributed by atoms with Crippen molar-refractivity contribution >= 4 is 47.2 Å². The molecule has 166 valence electrons. The van der Waals surface area contributed by atoms with Gasteiger partial charge in [0.15, 0.2) is 11.7 Å². The van der Waals surface area contributed by atoms with Gasteiger partial charge in [-0.3, -0.25) is 9.67 Å². The van der Waals surface area contributed by atoms with E-state index in [0.717, 1.165) is 31.6 Å². The molecule has 2 aromatic rings. The minimum atomic E-state index is -4.49. The first kappa shape index (κ1) is 24.6. The van der Waals surface area contributed by atoms with Crippen LogP contribution in [-0.4, -0.2) is 41.9 Å². The molecule has 0 radical (unpaired) electrons. The van der Waals surface area contributed by atoms with Crippen LogP contribution in [0.1, 0.15) is 24.1 Å². The molecule has 1 aliphatic rings. The number of nitrogens with zero attached hydrogens (tertiary/aromatic N) is 4. The number of hydrogen-bond acceptors (Lipinski definition) is 3. The number of para-hydroxylation sites is 1. The van der Waals surface area contributed by atoms with Crippen LogP contribution in [0.5, 0.6) is 0 Å². The molecule has 0 spiro atoms. The zero-order chi connectivity index (χ0) is 21.0. The molecule has 1 atom stereocenters. The van der Waals surface area contributed by atoms with Gasteiger partial charge in [-0.1, -0.05) is 23.7 Å². The van der Waals surface area contributed by atoms with Crippen LogP contribution < -0.4 is 15.5 Å². The van der Waals surface area contributed by atoms with Crippen molar-refractivity contribution in [2.75, 3.05) is 25.0 Å². The molecule has 0 amide bonds. The number of aliphatic imine (C=N–C) groups is 1. The lowest BCUT2D eigenvalue weighted by atomic mass is 10.0. The first-order valence-corrected chi connectivity index (χ1v) is 9.72. The second-order valence-corrected chi connectivity index (χ2v) is 7.39. The highest BCUT2D eigenvalue weighted by atomic mass is 127. The molecule has 0 bridgehead atoms. The van der Waals surface area contributed by atoms with Gasteiger partial charge in [0, 0.05) is 51.5 Å². The summed E-state index contributed by atoms with van der Waals surface area (Å²) in [6, 6.07) is 7.79. The molecule has 2 heterocycles. The number of guanidine groups is 1. The number of nitrogens with one attached hydrogen (secondary N) is 2. The van der Waals surface area contributed by atoms with Gasteiger partial charge in [-0.05, 0) is 25.0 Å². The molecule has 1 aliphatic heterocycles. The van der Waals surface area contributed by atoms with Crippen LogP contribution in [-0.2, 0) is 19.8 Å². The first-order valence-electron chi connectivity index (χ1n) is 9.34. The fourth-order valence-corrected chi connectivity index (χ4v) is 3.75. The molecule has 11 heteroatoms. The van der Waals surface area contributed by atoms with E-state index in [0.29, 0.717) is 11.0 Å². The van der Waals surface area contributed by atoms with Crippen molar-refractivity contribution < 1.29 is 13.2 Å². The van der Waals surface area contributed by atoms with Gasteiger partial charge in [-0.25, -0.2) is 0 Å². The summed E-state index contributed by atoms with van der Waals surface area (Å²) in [6.07, 6.45) is -1.22. The molecule has 2 N–H and O–H groups in total. The van der Waals surface area contributed by atoms with E-state index in [-0.39, 0.29) is 42.1 Å². The SMILES string of the molecule is CN=C(NCc1cn(C)nc1C(F)(F)F)NC1CCCN(c2ccccc2Cl)C1.I. The molecule has 3 rings (SSSR count). The number of benzene rings is 1. The van der Waals surface area contributed by atoms with Crippen LogP contribution in [0.3, 0.4) is 0 Å². The van der Waals surface area contributed by atoms with Gasteiger partial charge in [-0.15, -0.1) is 24.0 Å². The van der Waals surface area contributed by atoms with Crippen molar-refractivity contribution in [3.05, 3.63) is 46.7 Å². The Bertz CT molecular complexity index is 870. The second-order valence-electron chi connectivity index (χ2n) is 6.98. The lowest BCUT2D eigenvalue weighted by molar-refractivity contribution is -0.142. The maximum absolute atomic E-state index is 13.1. The van der Waals surface area contributed by atoms with Crippen LogP contribution in [0.15, 0.2) is 35.5 Å². The average molecular weight is 557 g/mol. The molecule has 1 aromatic heterocycles. The van der Waals surface area contributed by atoms with E-state index in [1.165, 1.54) is 17.9 Å². The van der Waals surface area contributed by atoms with Gasteiger partial charge in [0.1, 0.15) is 0 Å². The summed E-state index contributed by atoms with van der Waals surface area (Å²) >= 11 is 6.31. The first-order chi connectivity index (χ1) is 13.8. The number of aromatic nitrogens is 2. The Balaban J connectivity index is 0.00000320. The van der Waals surface area contributed by atoms with Crippen LogP contribution in [0, 0.1) is 0 Å². The molecule has 1 saturated heterocycles. The molecule has 6 nitrogen and oxygen atoms in total. The van der Waals surface area contributed by atoms with Gasteiger partial charge >= 0.3 is 6.18 Å². The number of piperidine rings is 1. The second kappa shape index (κ2) is 10.6. The highest BCUT2D eigenvalue weighted by Gasteiger charge is 2.36. The maximum atomic E-state index is 13.1. The minimum absolute atomic E-state index is 0. The van der Waals surface area contributed by atoms with Crippen LogP contribution in [0.2, 0.25) is 5.02 Å². The molecule has 1 unspecified atom stereocenters. The third-order valence-electron chi connectivity index (χ3n) is 4.80. The summed E-state index contributed by atoms with van der Waals surface area (Å²) in [4.78, 5) is 6.36. The lowest BCUT2D eigenvalue weighted by Gasteiger charge is -2.35. The summed E-state index contributed by atoms with van der Waals surface area (Å²) in [5.74, 6) is 0.452. The van der Waals surface area contributed by atoms with E-state index >= 15 is 0 Å². The number of alkyl halides is 3. The third kappa shape index (κ3) is 6.16. The minimum Gasteiger partial charge on any atom is -0.368 e. The molecule has 0 aliphatic carbocycles. The van der Waals surface area contributed by atoms with Crippen molar-refractivity contribution in [2.45, 2.75) is 31.6 Å². The number of anilines is 1. The van der Waals surface area contributed by atoms with Gasteiger partial charge in [-0.2, -0.15) is 18.3 Å². The topological polar surface area (TPSA) is 57.5 Å². The van der Waals surface area contributed by atoms with E-state index in [1.54, 1.807) is 7.05 Å². The monoisotopic (exact) mass is 556 g/mol. The van der Waals surface area contributed by atoms with Crippen LogP contribution >= 0.6 is 35.6 Å². The molecule has 1 fully saturated rings. The number of halogens is 5. The summed E-state index contributed by atoms with van der Waals surface area (Å²) in [6.45, 7) is 1.60. The Morgan fingerprint density at radius 1 is 1.33 bits per heavy atom. The number of hydrogen-bond donors (Lipinski definition) is 2. The van der Waals surface area contributed by atoms with Crippen molar-refractivity contribution in [1.82, 2.24) is 20.4 Å². The Labute approximate surface area is 195 Å². The van der Waals surface area contributed by atoms with Gasteiger partial charge in [0.05, 0.1) is 10.7 Å². The predicted molar refractivity (Wildman–Crippen MR) is 124 cm³/mol. The van der Waals surface area contributed by atoms with E-state index in [2.05, 4.69) is 25.6 Å². The maximum Gasteiger partial charge on any atom is 0.435 e. The summed E-state index contributed by atoms with van der Waals surface area (Å²) in [5.41, 5.74) is 0.170. The number of aryl methyl sites for hydroxylation is 1. The van der Waals surface area contributed by atoms with E-state index < -0.39 is 11.9 Å². The van der Waals surface area contributed by atoms with Crippen LogP contribution in [0.25, 0.3) is 0 Å². The van der Waals surface area contributed by atoms with E-state index in [4.69, 9.17) is 11.6 Å². The highest BCUT2D eigenvalue weighted by molar-refractivity contribution is 14.0. The fourth-order valence-electron chi connectivity index (χ4n) is 3.49. The Kier molecular flexibility index (Phi) is 8.65. The molecule has 1 aromatic carbocycles. The Morgan fingerprint density at radius 2 is 2.07 bits per heavy atom. The van der Waals surface area contributed by atoms with Crippen molar-refractivity contribution in [3.8, 4) is 0 Å². The van der Waals surface area contributed by atoms with Crippen LogP contribution in [0.4, 0.5) is 18.9 Å². The fraction of sp³-hybridized carbons (Fsp3) is 0.474. The average Bonchev–Trinajstić information content (AvgIpc) is 3.07. The van der Waals surface area contributed by atoms with Crippen molar-refractivity contribution in [3.63, 3.8) is 0 Å². The Hall–Kier alpha value is -1.69. The molecule has 0 saturated carbocycles. The highest BCUT2D eigenvalue weighted by Crippen LogP contribution is 2.30. The van der Waals surface area contributed by atoms with E-state index in [9.17, 15) is 13.2 Å². The third-order valence-corrected chi connectivity index (χ3v) is 5.12. The standard InChI is InChI=1S/C19H24ClF3N6.HI/c1-24-18(25-10-13-11-28(2)27-17(13)19(21,22)23)26-14-6-5-9-29(12-14)16-8-4-3-7-15(16)20;/h3-4,7-8,11,14H,5-6,9-10,12H2,1-2H3,(H2,24,25,26);1H. The lowest BCUT2D eigenvalue weighted by Crippen LogP contribution is -2.51. The van der Waals surface area contributed by atoms with Gasteiger partial charge in [0.2, 0.25) is 0 Å². The predicted octanol–water partition coefficient (Wildman–Crippen LogP) is 4.04. The van der Waals surface area contributed by atoms with Gasteiger partial charge in [0.25, 0.3) is 0 Å². The molecule has 30 heavy (non-hydrogen) atoms. The quantitative estimate of drug-likeness (QED) is 0.339. The zero-order valence-corrected chi connectivity index (χ0v) is 19.8. The normalized spacial score (nSPS) is 17.5. The largest absolute Gasteiger partial charge is 0.435 e. The summed E-state index contributed by atoms with van der Waals surface area (Å²) in [5, 5.41) is 10.5. The Morgan fingerprint density at radius 3 is 2.73 bits per heavy atom. The molecular formula is C19H25ClF3IN6. The van der Waals surface area contributed by atoms with Gasteiger partial charge < -0.3 is 15.5 Å². The summed E-state index contributed by atoms with van der Waals surface area (Å²) in [7, 11) is 3.06. The zero-order valence-electron chi connectivity index (χ0n) is 16.7. The van der Waals surface area contributed by atoms with Crippen molar-refractivity contribution in [1.29, 1.82) is 0 Å². The smallest absolute Gasteiger partial charge is 0.368 e.